The van der Waals surface area contributed by atoms with E-state index in [1.807, 2.05) is 59.5 Å². The minimum absolute atomic E-state index is 0.0787. The molecule has 150 valence electrons. The van der Waals surface area contributed by atoms with E-state index < -0.39 is 0 Å². The van der Waals surface area contributed by atoms with Gasteiger partial charge in [0.2, 0.25) is 17.7 Å². The second kappa shape index (κ2) is 7.99. The smallest absolute Gasteiger partial charge is 0.247 e. The van der Waals surface area contributed by atoms with Gasteiger partial charge in [0.1, 0.15) is 0 Å². The highest BCUT2D eigenvalue weighted by atomic mass is 16.4. The lowest BCUT2D eigenvalue weighted by atomic mass is 9.99. The predicted molar refractivity (Wildman–Crippen MR) is 112 cm³/mol. The molecule has 3 heterocycles. The van der Waals surface area contributed by atoms with Crippen molar-refractivity contribution < 1.29 is 9.21 Å². The zero-order valence-corrected chi connectivity index (χ0v) is 16.5. The summed E-state index contributed by atoms with van der Waals surface area (Å²) < 4.78 is 7.99. The van der Waals surface area contributed by atoms with Crippen LogP contribution in [0.15, 0.2) is 83.4 Å². The van der Waals surface area contributed by atoms with Crippen molar-refractivity contribution in [1.82, 2.24) is 19.7 Å². The van der Waals surface area contributed by atoms with Gasteiger partial charge in [-0.1, -0.05) is 48.5 Å². The molecule has 1 aliphatic rings. The lowest BCUT2D eigenvalue weighted by Gasteiger charge is -2.37. The number of hydrogen-bond donors (Lipinski definition) is 0. The second-order valence-corrected chi connectivity index (χ2v) is 7.39. The van der Waals surface area contributed by atoms with E-state index in [1.165, 1.54) is 0 Å². The molecule has 4 aromatic rings. The van der Waals surface area contributed by atoms with Crippen molar-refractivity contribution in [3.05, 3.63) is 96.1 Å². The summed E-state index contributed by atoms with van der Waals surface area (Å²) in [7, 11) is 0. The first-order chi connectivity index (χ1) is 14.8. The minimum atomic E-state index is -0.0787. The molecular weight excluding hydrogens is 376 g/mol. The Balaban J connectivity index is 1.33. The Morgan fingerprint density at radius 1 is 0.933 bits per heavy atom. The highest BCUT2D eigenvalue weighted by Crippen LogP contribution is 2.33. The molecule has 0 bridgehead atoms. The Kier molecular flexibility index (Phi) is 4.89. The molecule has 0 aliphatic carbocycles. The van der Waals surface area contributed by atoms with Gasteiger partial charge in [0.05, 0.1) is 6.04 Å². The molecule has 5 rings (SSSR count). The topological polar surface area (TPSA) is 64.2 Å². The van der Waals surface area contributed by atoms with Crippen LogP contribution in [0.5, 0.6) is 0 Å². The number of nitrogens with zero attached hydrogens (tertiary/aromatic N) is 4. The van der Waals surface area contributed by atoms with Gasteiger partial charge < -0.3 is 13.9 Å². The van der Waals surface area contributed by atoms with Gasteiger partial charge in [-0.15, -0.1) is 10.2 Å². The number of fused-ring (bicyclic) bond motifs is 1. The zero-order valence-electron chi connectivity index (χ0n) is 16.5. The summed E-state index contributed by atoms with van der Waals surface area (Å²) in [6, 6.07) is 23.9. The van der Waals surface area contributed by atoms with Crippen molar-refractivity contribution in [2.24, 2.45) is 0 Å². The van der Waals surface area contributed by atoms with Gasteiger partial charge in [-0.05, 0) is 29.8 Å². The van der Waals surface area contributed by atoms with E-state index in [-0.39, 0.29) is 11.9 Å². The molecule has 0 radical (unpaired) electrons. The average molecular weight is 398 g/mol. The summed E-state index contributed by atoms with van der Waals surface area (Å²) in [5, 5.41) is 8.24. The Hall–Kier alpha value is -3.67. The van der Waals surface area contributed by atoms with Crippen LogP contribution in [0.3, 0.4) is 0 Å². The highest BCUT2D eigenvalue weighted by molar-refractivity contribution is 5.77. The Morgan fingerprint density at radius 3 is 2.50 bits per heavy atom. The lowest BCUT2D eigenvalue weighted by molar-refractivity contribution is -0.134. The van der Waals surface area contributed by atoms with Crippen molar-refractivity contribution in [3.63, 3.8) is 0 Å². The van der Waals surface area contributed by atoms with E-state index in [4.69, 9.17) is 4.42 Å². The molecular formula is C24H22N4O2. The molecule has 2 aromatic carbocycles. The lowest BCUT2D eigenvalue weighted by Crippen LogP contribution is -2.42. The monoisotopic (exact) mass is 398 g/mol. The standard InChI is InChI=1S/C24H22N4O2/c29-22(14-13-21-25-26-24(30-21)19-10-5-2-6-11-19)28-17-16-27-15-7-12-20(27)23(28)18-8-3-1-4-9-18/h1-12,15,23H,13-14,16-17H2/t23-/m0/s1. The zero-order chi connectivity index (χ0) is 20.3. The molecule has 6 heteroatoms. The third-order valence-electron chi connectivity index (χ3n) is 5.51. The van der Waals surface area contributed by atoms with Gasteiger partial charge >= 0.3 is 0 Å². The van der Waals surface area contributed by atoms with E-state index in [0.717, 1.165) is 23.4 Å². The first-order valence-electron chi connectivity index (χ1n) is 10.2. The van der Waals surface area contributed by atoms with Crippen LogP contribution in [0.4, 0.5) is 0 Å². The van der Waals surface area contributed by atoms with E-state index in [1.54, 1.807) is 0 Å². The third-order valence-corrected chi connectivity index (χ3v) is 5.51. The van der Waals surface area contributed by atoms with Crippen molar-refractivity contribution in [2.45, 2.75) is 25.4 Å². The molecule has 0 unspecified atom stereocenters. The van der Waals surface area contributed by atoms with Crippen LogP contribution in [0.25, 0.3) is 11.5 Å². The molecule has 2 aromatic heterocycles. The normalized spacial score (nSPS) is 15.7. The fraction of sp³-hybridized carbons (Fsp3) is 0.208. The SMILES string of the molecule is O=C(CCc1nnc(-c2ccccc2)o1)N1CCn2cccc2[C@@H]1c1ccccc1. The quantitative estimate of drug-likeness (QED) is 0.508. The Morgan fingerprint density at radius 2 is 1.70 bits per heavy atom. The van der Waals surface area contributed by atoms with Crippen LogP contribution < -0.4 is 0 Å². The fourth-order valence-electron chi connectivity index (χ4n) is 4.05. The number of rotatable bonds is 5. The van der Waals surface area contributed by atoms with Crippen LogP contribution in [-0.2, 0) is 17.8 Å². The van der Waals surface area contributed by atoms with Crippen LogP contribution in [0.1, 0.15) is 29.6 Å². The Labute approximate surface area is 174 Å². The molecule has 1 aliphatic heterocycles. The summed E-state index contributed by atoms with van der Waals surface area (Å²) in [6.45, 7) is 1.48. The molecule has 30 heavy (non-hydrogen) atoms. The molecule has 0 saturated carbocycles. The number of benzene rings is 2. The second-order valence-electron chi connectivity index (χ2n) is 7.39. The van der Waals surface area contributed by atoms with Gasteiger partial charge in [0.15, 0.2) is 0 Å². The number of aryl methyl sites for hydroxylation is 1. The maximum atomic E-state index is 13.2. The van der Waals surface area contributed by atoms with Gasteiger partial charge in [-0.25, -0.2) is 0 Å². The van der Waals surface area contributed by atoms with Crippen molar-refractivity contribution in [3.8, 4) is 11.5 Å². The number of carbonyl (C=O) groups is 1. The summed E-state index contributed by atoms with van der Waals surface area (Å²) in [4.78, 5) is 15.2. The number of aromatic nitrogens is 3. The molecule has 0 spiro atoms. The van der Waals surface area contributed by atoms with Crippen LogP contribution >= 0.6 is 0 Å². The van der Waals surface area contributed by atoms with Gasteiger partial charge in [0.25, 0.3) is 0 Å². The summed E-state index contributed by atoms with van der Waals surface area (Å²) >= 11 is 0. The fourth-order valence-corrected chi connectivity index (χ4v) is 4.05. The summed E-state index contributed by atoms with van der Waals surface area (Å²) in [6.07, 6.45) is 2.84. The predicted octanol–water partition coefficient (Wildman–Crippen LogP) is 4.10. The number of carbonyl (C=O) groups excluding carboxylic acids is 1. The summed E-state index contributed by atoms with van der Waals surface area (Å²) in [5.74, 6) is 1.06. The van der Waals surface area contributed by atoms with Crippen molar-refractivity contribution >= 4 is 5.91 Å². The third kappa shape index (κ3) is 3.52. The van der Waals surface area contributed by atoms with Crippen LogP contribution in [0, 0.1) is 0 Å². The molecule has 1 atom stereocenters. The van der Waals surface area contributed by atoms with Gasteiger partial charge in [0, 0.05) is 43.4 Å². The number of amides is 1. The maximum absolute atomic E-state index is 13.2. The molecule has 0 N–H and O–H groups in total. The minimum Gasteiger partial charge on any atom is -0.421 e. The van der Waals surface area contributed by atoms with Gasteiger partial charge in [-0.2, -0.15) is 0 Å². The van der Waals surface area contributed by atoms with E-state index in [0.29, 0.717) is 31.2 Å². The largest absolute Gasteiger partial charge is 0.421 e. The van der Waals surface area contributed by atoms with Crippen LogP contribution in [-0.4, -0.2) is 32.1 Å². The highest BCUT2D eigenvalue weighted by Gasteiger charge is 2.31. The summed E-state index contributed by atoms with van der Waals surface area (Å²) in [5.41, 5.74) is 3.14. The van der Waals surface area contributed by atoms with Gasteiger partial charge in [-0.3, -0.25) is 4.79 Å². The number of hydrogen-bond acceptors (Lipinski definition) is 4. The van der Waals surface area contributed by atoms with Crippen molar-refractivity contribution in [1.29, 1.82) is 0 Å². The molecule has 6 nitrogen and oxygen atoms in total. The van der Waals surface area contributed by atoms with E-state index >= 15 is 0 Å². The molecule has 0 fully saturated rings. The van der Waals surface area contributed by atoms with Crippen LogP contribution in [0.2, 0.25) is 0 Å². The van der Waals surface area contributed by atoms with Crippen molar-refractivity contribution in [2.75, 3.05) is 6.54 Å². The first-order valence-corrected chi connectivity index (χ1v) is 10.2. The molecule has 0 saturated heterocycles. The maximum Gasteiger partial charge on any atom is 0.247 e. The van der Waals surface area contributed by atoms with E-state index in [9.17, 15) is 4.79 Å². The first kappa shape index (κ1) is 18.4. The molecule has 1 amide bonds. The average Bonchev–Trinajstić information content (AvgIpc) is 3.47. The Bertz CT molecular complexity index is 1130. The van der Waals surface area contributed by atoms with E-state index in [2.05, 4.69) is 39.2 Å².